The van der Waals surface area contributed by atoms with Crippen molar-refractivity contribution in [3.05, 3.63) is 11.6 Å². The minimum absolute atomic E-state index is 0.0594. The van der Waals surface area contributed by atoms with Crippen LogP contribution in [0.2, 0.25) is 0 Å². The summed E-state index contributed by atoms with van der Waals surface area (Å²) in [5.41, 5.74) is 2.51. The molecule has 5 aliphatic rings. The van der Waals surface area contributed by atoms with E-state index in [9.17, 15) is 20.4 Å². The van der Waals surface area contributed by atoms with Gasteiger partial charge >= 0.3 is 0 Å². The zero-order valence-electron chi connectivity index (χ0n) is 25.1. The van der Waals surface area contributed by atoms with Crippen molar-refractivity contribution in [1.29, 1.82) is 0 Å². The van der Waals surface area contributed by atoms with Gasteiger partial charge in [-0.05, 0) is 97.7 Å². The molecule has 224 valence electrons. The Hall–Kier alpha value is -0.500. The van der Waals surface area contributed by atoms with Crippen molar-refractivity contribution in [3.63, 3.8) is 0 Å². The first kappa shape index (κ1) is 30.0. The van der Waals surface area contributed by atoms with Gasteiger partial charge in [0.25, 0.3) is 0 Å². The molecule has 3 saturated carbocycles. The van der Waals surface area contributed by atoms with E-state index in [1.807, 2.05) is 0 Å². The summed E-state index contributed by atoms with van der Waals surface area (Å²) in [5.74, 6) is 4.42. The van der Waals surface area contributed by atoms with Crippen LogP contribution in [0.15, 0.2) is 11.6 Å². The highest BCUT2D eigenvalue weighted by Gasteiger charge is 2.58. The average Bonchev–Trinajstić information content (AvgIpc) is 3.26. The van der Waals surface area contributed by atoms with E-state index in [1.54, 1.807) is 5.57 Å². The molecule has 5 rings (SSSR count). The molecule has 4 aliphatic carbocycles. The maximum Gasteiger partial charge on any atom is 0.186 e. The molecule has 1 aliphatic heterocycles. The second kappa shape index (κ2) is 11.6. The summed E-state index contributed by atoms with van der Waals surface area (Å²) in [7, 11) is 0. The van der Waals surface area contributed by atoms with E-state index in [1.165, 1.54) is 44.9 Å². The molecule has 0 aromatic rings. The monoisotopic (exact) mass is 548 g/mol. The van der Waals surface area contributed by atoms with Crippen molar-refractivity contribution in [1.82, 2.24) is 0 Å². The molecule has 4 N–H and O–H groups in total. The number of ether oxygens (including phenoxy) is 2. The summed E-state index contributed by atoms with van der Waals surface area (Å²) in [6.45, 7) is 12.0. The lowest BCUT2D eigenvalue weighted by Gasteiger charge is -2.58. The molecule has 39 heavy (non-hydrogen) atoms. The van der Waals surface area contributed by atoms with Crippen molar-refractivity contribution in [3.8, 4) is 0 Å². The van der Waals surface area contributed by atoms with Crippen LogP contribution in [0.25, 0.3) is 0 Å². The number of allylic oxidation sites excluding steroid dienone is 2. The number of fused-ring (bicyclic) bond motifs is 5. The van der Waals surface area contributed by atoms with Gasteiger partial charge in [-0.1, -0.05) is 65.5 Å². The lowest BCUT2D eigenvalue weighted by molar-refractivity contribution is -0.315. The number of rotatable bonds is 8. The fraction of sp³-hybridized carbons (Fsp3) is 0.939. The predicted octanol–water partition coefficient (Wildman–Crippen LogP) is 5.21. The van der Waals surface area contributed by atoms with E-state index >= 15 is 0 Å². The van der Waals surface area contributed by atoms with Crippen LogP contribution in [0.3, 0.4) is 0 Å². The summed E-state index contributed by atoms with van der Waals surface area (Å²) in [6.07, 6.45) is 10.1. The third-order valence-corrected chi connectivity index (χ3v) is 12.4. The van der Waals surface area contributed by atoms with Gasteiger partial charge in [0.05, 0.1) is 12.7 Å². The molecule has 0 unspecified atom stereocenters. The van der Waals surface area contributed by atoms with Crippen LogP contribution < -0.4 is 0 Å². The standard InChI is InChI=1S/C33H56O6/c1-19(2)7-6-8-20(3)24-11-12-25-23-10-9-21-17-22(13-15-32(21,4)26(23)14-16-33(24,25)5)38-31-30(37)29(36)28(35)27(18-34)39-31/h10,19-22,24-31,34-37H,6-9,11-18H2,1-5H3/t20-,21+,22+,24-,25-,26+,27+,28+,29-,30+,31+,32+,33-/m1/s1. The van der Waals surface area contributed by atoms with Crippen molar-refractivity contribution in [2.24, 2.45) is 46.3 Å². The Kier molecular flexibility index (Phi) is 8.95. The number of hydrogen-bond acceptors (Lipinski definition) is 6. The molecule has 4 fully saturated rings. The molecule has 1 saturated heterocycles. The van der Waals surface area contributed by atoms with E-state index in [0.29, 0.717) is 17.3 Å². The molecule has 0 aromatic carbocycles. The first-order valence-corrected chi connectivity index (χ1v) is 16.2. The molecular formula is C33H56O6. The van der Waals surface area contributed by atoms with Crippen LogP contribution in [-0.4, -0.2) is 63.8 Å². The Morgan fingerprint density at radius 1 is 0.923 bits per heavy atom. The van der Waals surface area contributed by atoms with E-state index in [2.05, 4.69) is 40.7 Å². The number of aliphatic hydroxyl groups excluding tert-OH is 4. The van der Waals surface area contributed by atoms with Crippen LogP contribution in [-0.2, 0) is 9.47 Å². The van der Waals surface area contributed by atoms with Gasteiger partial charge in [0.1, 0.15) is 24.4 Å². The van der Waals surface area contributed by atoms with Crippen molar-refractivity contribution < 1.29 is 29.9 Å². The second-order valence-corrected chi connectivity index (χ2v) is 15.0. The molecule has 0 amide bonds. The summed E-state index contributed by atoms with van der Waals surface area (Å²) in [4.78, 5) is 0. The van der Waals surface area contributed by atoms with Gasteiger partial charge in [-0.3, -0.25) is 0 Å². The SMILES string of the molecule is CC(C)CCC[C@@H](C)[C@H]1CC[C@@H]2C3=CC[C@H]4C[C@@H](O[C@H]5O[C@@H](CO)[C@H](O)[C@@H](O)[C@@H]5O)CC[C@]4(C)[C@H]3CC[C@@]21C. The molecule has 0 radical (unpaired) electrons. The third kappa shape index (κ3) is 5.41. The van der Waals surface area contributed by atoms with Crippen molar-refractivity contribution in [2.75, 3.05) is 6.61 Å². The minimum atomic E-state index is -1.39. The number of aliphatic hydroxyl groups is 4. The van der Waals surface area contributed by atoms with Gasteiger partial charge < -0.3 is 29.9 Å². The van der Waals surface area contributed by atoms with Crippen LogP contribution in [0.5, 0.6) is 0 Å². The maximum absolute atomic E-state index is 10.5. The molecule has 0 bridgehead atoms. The van der Waals surface area contributed by atoms with Crippen LogP contribution in [0.4, 0.5) is 0 Å². The van der Waals surface area contributed by atoms with Gasteiger partial charge in [0, 0.05) is 0 Å². The zero-order chi connectivity index (χ0) is 28.1. The number of hydrogen-bond donors (Lipinski definition) is 4. The normalized spacial score (nSPS) is 48.7. The first-order valence-electron chi connectivity index (χ1n) is 16.2. The van der Waals surface area contributed by atoms with Gasteiger partial charge in [-0.15, -0.1) is 0 Å². The van der Waals surface area contributed by atoms with Crippen molar-refractivity contribution in [2.45, 2.75) is 142 Å². The molecular weight excluding hydrogens is 492 g/mol. The highest BCUT2D eigenvalue weighted by molar-refractivity contribution is 5.27. The van der Waals surface area contributed by atoms with E-state index < -0.39 is 37.3 Å². The Bertz CT molecular complexity index is 872. The van der Waals surface area contributed by atoms with Crippen LogP contribution in [0, 0.1) is 46.3 Å². The molecule has 6 heteroatoms. The summed E-state index contributed by atoms with van der Waals surface area (Å²) < 4.78 is 11.9. The lowest BCUT2D eigenvalue weighted by Crippen LogP contribution is -2.60. The Morgan fingerprint density at radius 2 is 1.64 bits per heavy atom. The topological polar surface area (TPSA) is 99.4 Å². The highest BCUT2D eigenvalue weighted by Crippen LogP contribution is 2.67. The molecule has 0 spiro atoms. The molecule has 6 nitrogen and oxygen atoms in total. The molecule has 1 heterocycles. The van der Waals surface area contributed by atoms with Crippen molar-refractivity contribution >= 4 is 0 Å². The van der Waals surface area contributed by atoms with E-state index in [0.717, 1.165) is 49.4 Å². The molecule has 0 aromatic heterocycles. The summed E-state index contributed by atoms with van der Waals surface area (Å²) >= 11 is 0. The highest BCUT2D eigenvalue weighted by atomic mass is 16.7. The predicted molar refractivity (Wildman–Crippen MR) is 152 cm³/mol. The van der Waals surface area contributed by atoms with E-state index in [4.69, 9.17) is 9.47 Å². The smallest absolute Gasteiger partial charge is 0.186 e. The van der Waals surface area contributed by atoms with E-state index in [-0.39, 0.29) is 11.5 Å². The van der Waals surface area contributed by atoms with Gasteiger partial charge in [0.2, 0.25) is 0 Å². The van der Waals surface area contributed by atoms with Gasteiger partial charge in [0.15, 0.2) is 6.29 Å². The minimum Gasteiger partial charge on any atom is -0.394 e. The zero-order valence-corrected chi connectivity index (χ0v) is 25.1. The van der Waals surface area contributed by atoms with Gasteiger partial charge in [-0.25, -0.2) is 0 Å². The maximum atomic E-state index is 10.5. The Labute approximate surface area is 236 Å². The summed E-state index contributed by atoms with van der Waals surface area (Å²) in [6, 6.07) is 0. The van der Waals surface area contributed by atoms with Crippen LogP contribution >= 0.6 is 0 Å². The Morgan fingerprint density at radius 3 is 2.36 bits per heavy atom. The lowest BCUT2D eigenvalue weighted by atomic mass is 9.47. The Balaban J connectivity index is 1.24. The molecule has 13 atom stereocenters. The third-order valence-electron chi connectivity index (χ3n) is 12.4. The second-order valence-electron chi connectivity index (χ2n) is 15.0. The fourth-order valence-electron chi connectivity index (χ4n) is 9.99. The van der Waals surface area contributed by atoms with Crippen LogP contribution in [0.1, 0.15) is 105 Å². The fourth-order valence-corrected chi connectivity index (χ4v) is 9.99. The summed E-state index contributed by atoms with van der Waals surface area (Å²) in [5, 5.41) is 40.3. The largest absolute Gasteiger partial charge is 0.394 e. The quantitative estimate of drug-likeness (QED) is 0.311. The average molecular weight is 549 g/mol. The van der Waals surface area contributed by atoms with Gasteiger partial charge in [-0.2, -0.15) is 0 Å². The first-order chi connectivity index (χ1) is 18.5.